The van der Waals surface area contributed by atoms with E-state index in [1.807, 2.05) is 27.7 Å². The number of hydrogen-bond acceptors (Lipinski definition) is 6. The molecule has 0 aliphatic heterocycles. The molecule has 180 valence electrons. The Morgan fingerprint density at radius 2 is 1.72 bits per heavy atom. The van der Waals surface area contributed by atoms with Gasteiger partial charge in [0.25, 0.3) is 0 Å². The molecule has 3 amide bonds. The van der Waals surface area contributed by atoms with Crippen LogP contribution in [0.5, 0.6) is 0 Å². The van der Waals surface area contributed by atoms with Gasteiger partial charge < -0.3 is 31.8 Å². The largest absolute Gasteiger partial charge is 0.480 e. The monoisotopic (exact) mass is 452 g/mol. The van der Waals surface area contributed by atoms with Gasteiger partial charge in [-0.3, -0.25) is 19.2 Å². The number of aromatic amines is 1. The summed E-state index contributed by atoms with van der Waals surface area (Å²) in [5.74, 6) is -2.95. The van der Waals surface area contributed by atoms with E-state index in [1.165, 1.54) is 13.3 Å². The van der Waals surface area contributed by atoms with Gasteiger partial charge in [-0.05, 0) is 25.2 Å². The first-order valence-corrected chi connectivity index (χ1v) is 10.8. The number of imidazole rings is 1. The summed E-state index contributed by atoms with van der Waals surface area (Å²) >= 11 is 0. The molecular weight excluding hydrogens is 416 g/mol. The van der Waals surface area contributed by atoms with Crippen molar-refractivity contribution in [2.75, 3.05) is 0 Å². The highest BCUT2D eigenvalue weighted by Gasteiger charge is 2.32. The lowest BCUT2D eigenvalue weighted by atomic mass is 9.96. The molecular formula is C21H36N6O5. The molecule has 0 aromatic carbocycles. The number of rotatable bonds is 13. The van der Waals surface area contributed by atoms with Crippen molar-refractivity contribution in [1.29, 1.82) is 0 Å². The van der Waals surface area contributed by atoms with Gasteiger partial charge in [-0.15, -0.1) is 0 Å². The van der Waals surface area contributed by atoms with E-state index in [1.54, 1.807) is 6.20 Å². The topological polar surface area (TPSA) is 179 Å². The molecule has 0 aliphatic rings. The first kappa shape index (κ1) is 27.1. The van der Waals surface area contributed by atoms with Crippen molar-refractivity contribution in [1.82, 2.24) is 25.9 Å². The number of nitrogens with zero attached hydrogens (tertiary/aromatic N) is 1. The smallest absolute Gasteiger partial charge is 0.325 e. The molecule has 0 aliphatic carbocycles. The lowest BCUT2D eigenvalue weighted by Crippen LogP contribution is -2.58. The molecule has 32 heavy (non-hydrogen) atoms. The third-order valence-corrected chi connectivity index (χ3v) is 5.19. The quantitative estimate of drug-likeness (QED) is 0.242. The van der Waals surface area contributed by atoms with Crippen LogP contribution in [0.15, 0.2) is 12.5 Å². The van der Waals surface area contributed by atoms with Crippen molar-refractivity contribution < 1.29 is 24.3 Å². The van der Waals surface area contributed by atoms with Crippen LogP contribution < -0.4 is 21.7 Å². The van der Waals surface area contributed by atoms with Gasteiger partial charge in [-0.2, -0.15) is 0 Å². The maximum atomic E-state index is 13.1. The fourth-order valence-corrected chi connectivity index (χ4v) is 3.03. The predicted molar refractivity (Wildman–Crippen MR) is 118 cm³/mol. The van der Waals surface area contributed by atoms with Crippen molar-refractivity contribution in [2.24, 2.45) is 17.6 Å². The molecule has 1 rings (SSSR count). The van der Waals surface area contributed by atoms with Crippen LogP contribution in [0.4, 0.5) is 0 Å². The summed E-state index contributed by atoms with van der Waals surface area (Å²) in [4.78, 5) is 56.1. The zero-order valence-electron chi connectivity index (χ0n) is 19.3. The highest BCUT2D eigenvalue weighted by molar-refractivity contribution is 5.94. The molecule has 0 saturated carbocycles. The van der Waals surface area contributed by atoms with Gasteiger partial charge >= 0.3 is 5.97 Å². The Balaban J connectivity index is 2.91. The normalized spacial score (nSPS) is 15.8. The summed E-state index contributed by atoms with van der Waals surface area (Å²) in [5.41, 5.74) is 6.68. The molecule has 0 fully saturated rings. The number of aliphatic carboxylic acids is 1. The minimum absolute atomic E-state index is 0.0608. The average Bonchev–Trinajstić information content (AvgIpc) is 3.22. The second-order valence-electron chi connectivity index (χ2n) is 8.52. The Kier molecular flexibility index (Phi) is 10.8. The number of amides is 3. The molecule has 11 heteroatoms. The number of carboxylic acids is 1. The molecule has 7 N–H and O–H groups in total. The number of H-pyrrole nitrogens is 1. The summed E-state index contributed by atoms with van der Waals surface area (Å²) < 4.78 is 0. The van der Waals surface area contributed by atoms with Crippen molar-refractivity contribution in [3.05, 3.63) is 18.2 Å². The van der Waals surface area contributed by atoms with Crippen molar-refractivity contribution in [3.8, 4) is 0 Å². The van der Waals surface area contributed by atoms with E-state index >= 15 is 0 Å². The number of carbonyl (C=O) groups is 4. The van der Waals surface area contributed by atoms with E-state index < -0.39 is 47.9 Å². The first-order chi connectivity index (χ1) is 15.0. The van der Waals surface area contributed by atoms with Gasteiger partial charge in [0.1, 0.15) is 18.1 Å². The summed E-state index contributed by atoms with van der Waals surface area (Å²) in [6.45, 7) is 8.81. The van der Waals surface area contributed by atoms with Gasteiger partial charge in [0.05, 0.1) is 12.4 Å². The van der Waals surface area contributed by atoms with Crippen LogP contribution in [-0.4, -0.2) is 62.9 Å². The molecule has 1 aromatic heterocycles. The van der Waals surface area contributed by atoms with Crippen molar-refractivity contribution in [3.63, 3.8) is 0 Å². The number of aromatic nitrogens is 2. The molecule has 5 unspecified atom stereocenters. The molecule has 1 heterocycles. The second-order valence-corrected chi connectivity index (χ2v) is 8.52. The molecule has 0 saturated heterocycles. The van der Waals surface area contributed by atoms with Gasteiger partial charge in [-0.25, -0.2) is 4.98 Å². The van der Waals surface area contributed by atoms with Crippen LogP contribution >= 0.6 is 0 Å². The number of nitrogens with one attached hydrogen (secondary N) is 4. The fraction of sp³-hybridized carbons (Fsp3) is 0.667. The van der Waals surface area contributed by atoms with Gasteiger partial charge in [0.15, 0.2) is 0 Å². The Morgan fingerprint density at radius 1 is 1.06 bits per heavy atom. The molecule has 1 aromatic rings. The standard InChI is InChI=1S/C21H36N6O5/c1-6-12(4)17(27-18(28)15(22)8-14-9-23-10-24-14)20(30)26-16(7-11(2)3)19(29)25-13(5)21(31)32/h9-13,15-17H,6-8,22H2,1-5H3,(H,23,24)(H,25,29)(H,26,30)(H,27,28)(H,31,32). The van der Waals surface area contributed by atoms with E-state index in [2.05, 4.69) is 25.9 Å². The van der Waals surface area contributed by atoms with E-state index in [-0.39, 0.29) is 18.3 Å². The van der Waals surface area contributed by atoms with Crippen LogP contribution in [0.25, 0.3) is 0 Å². The molecule has 0 radical (unpaired) electrons. The number of carbonyl (C=O) groups excluding carboxylic acids is 3. The van der Waals surface area contributed by atoms with E-state index in [9.17, 15) is 19.2 Å². The van der Waals surface area contributed by atoms with Crippen molar-refractivity contribution >= 4 is 23.7 Å². The summed E-state index contributed by atoms with van der Waals surface area (Å²) in [5, 5.41) is 16.8. The van der Waals surface area contributed by atoms with Crippen LogP contribution in [-0.2, 0) is 25.6 Å². The highest BCUT2D eigenvalue weighted by Crippen LogP contribution is 2.11. The SMILES string of the molecule is CCC(C)C(NC(=O)C(N)Cc1cnc[nH]1)C(=O)NC(CC(C)C)C(=O)NC(C)C(=O)O. The molecule has 11 nitrogen and oxygen atoms in total. The van der Waals surface area contributed by atoms with Crippen LogP contribution in [0.1, 0.15) is 53.2 Å². The second kappa shape index (κ2) is 12.8. The van der Waals surface area contributed by atoms with Crippen LogP contribution in [0.2, 0.25) is 0 Å². The maximum absolute atomic E-state index is 13.1. The van der Waals surface area contributed by atoms with Gasteiger partial charge in [0.2, 0.25) is 17.7 Å². The zero-order valence-corrected chi connectivity index (χ0v) is 19.3. The lowest BCUT2D eigenvalue weighted by molar-refractivity contribution is -0.142. The van der Waals surface area contributed by atoms with E-state index in [0.29, 0.717) is 18.5 Å². The molecule has 0 spiro atoms. The Hall–Kier alpha value is -2.95. The Labute approximate surface area is 188 Å². The van der Waals surface area contributed by atoms with Gasteiger partial charge in [0, 0.05) is 18.3 Å². The average molecular weight is 453 g/mol. The third-order valence-electron chi connectivity index (χ3n) is 5.19. The highest BCUT2D eigenvalue weighted by atomic mass is 16.4. The van der Waals surface area contributed by atoms with Crippen LogP contribution in [0, 0.1) is 11.8 Å². The summed E-state index contributed by atoms with van der Waals surface area (Å²) in [6.07, 6.45) is 4.20. The predicted octanol–water partition coefficient (Wildman–Crippen LogP) is -0.0694. The maximum Gasteiger partial charge on any atom is 0.325 e. The number of hydrogen-bond donors (Lipinski definition) is 6. The number of nitrogens with two attached hydrogens (primary N) is 1. The Bertz CT molecular complexity index is 767. The third kappa shape index (κ3) is 8.66. The summed E-state index contributed by atoms with van der Waals surface area (Å²) in [6, 6.07) is -3.83. The van der Waals surface area contributed by atoms with Crippen molar-refractivity contribution in [2.45, 2.75) is 78.0 Å². The zero-order chi connectivity index (χ0) is 24.4. The first-order valence-electron chi connectivity index (χ1n) is 10.8. The van der Waals surface area contributed by atoms with E-state index in [4.69, 9.17) is 10.8 Å². The molecule has 0 bridgehead atoms. The van der Waals surface area contributed by atoms with E-state index in [0.717, 1.165) is 0 Å². The summed E-state index contributed by atoms with van der Waals surface area (Å²) in [7, 11) is 0. The fourth-order valence-electron chi connectivity index (χ4n) is 3.03. The van der Waals surface area contributed by atoms with Crippen LogP contribution in [0.3, 0.4) is 0 Å². The number of carboxylic acid groups (broad SMARTS) is 1. The van der Waals surface area contributed by atoms with Gasteiger partial charge in [-0.1, -0.05) is 34.1 Å². The lowest BCUT2D eigenvalue weighted by Gasteiger charge is -2.28. The molecule has 5 atom stereocenters. The minimum Gasteiger partial charge on any atom is -0.480 e. The minimum atomic E-state index is -1.18. The Morgan fingerprint density at radius 3 is 2.22 bits per heavy atom.